The second-order valence-electron chi connectivity index (χ2n) is 5.11. The molecule has 6 nitrogen and oxygen atoms in total. The van der Waals surface area contributed by atoms with Crippen molar-refractivity contribution < 1.29 is 0 Å². The van der Waals surface area contributed by atoms with Crippen molar-refractivity contribution in [2.75, 3.05) is 17.7 Å². The summed E-state index contributed by atoms with van der Waals surface area (Å²) in [4.78, 5) is 11.5. The van der Waals surface area contributed by atoms with Crippen LogP contribution in [0.3, 0.4) is 0 Å². The van der Waals surface area contributed by atoms with Gasteiger partial charge in [0.25, 0.3) is 0 Å². The van der Waals surface area contributed by atoms with Crippen LogP contribution in [-0.4, -0.2) is 26.6 Å². The van der Waals surface area contributed by atoms with Crippen LogP contribution in [0.5, 0.6) is 0 Å². The van der Waals surface area contributed by atoms with Crippen LogP contribution in [-0.2, 0) is 0 Å². The standard InChI is InChI=1S/C16H14N6S/c1-21(13-3-2-8-18-9-13)16-20-22-14(10-19-15(22)23-16)11-4-6-12(17)7-5-11/h2-10H,17H2,1H3. The zero-order valence-corrected chi connectivity index (χ0v) is 13.2. The summed E-state index contributed by atoms with van der Waals surface area (Å²) in [6, 6.07) is 11.6. The number of hydrogen-bond donors (Lipinski definition) is 1. The van der Waals surface area contributed by atoms with E-state index in [0.717, 1.165) is 32.7 Å². The average molecular weight is 322 g/mol. The lowest BCUT2D eigenvalue weighted by Crippen LogP contribution is -2.09. The number of hydrogen-bond acceptors (Lipinski definition) is 6. The molecule has 2 N–H and O–H groups in total. The molecule has 0 atom stereocenters. The Morgan fingerprint density at radius 3 is 2.70 bits per heavy atom. The lowest BCUT2D eigenvalue weighted by atomic mass is 10.1. The third-order valence-corrected chi connectivity index (χ3v) is 4.60. The van der Waals surface area contributed by atoms with Crippen molar-refractivity contribution in [3.63, 3.8) is 0 Å². The topological polar surface area (TPSA) is 72.3 Å². The molecule has 0 spiro atoms. The number of fused-ring (bicyclic) bond motifs is 1. The van der Waals surface area contributed by atoms with Crippen molar-refractivity contribution in [3.8, 4) is 11.3 Å². The van der Waals surface area contributed by atoms with Crippen LogP contribution in [0.2, 0.25) is 0 Å². The van der Waals surface area contributed by atoms with Gasteiger partial charge in [0.15, 0.2) is 0 Å². The highest BCUT2D eigenvalue weighted by Crippen LogP contribution is 2.30. The van der Waals surface area contributed by atoms with E-state index in [2.05, 4.69) is 15.1 Å². The van der Waals surface area contributed by atoms with Gasteiger partial charge in [0.05, 0.1) is 23.8 Å². The Morgan fingerprint density at radius 1 is 1.13 bits per heavy atom. The van der Waals surface area contributed by atoms with E-state index in [1.165, 1.54) is 11.3 Å². The molecule has 4 rings (SSSR count). The van der Waals surface area contributed by atoms with Crippen molar-refractivity contribution in [1.82, 2.24) is 19.6 Å². The summed E-state index contributed by atoms with van der Waals surface area (Å²) in [5.41, 5.74) is 9.46. The Balaban J connectivity index is 1.76. The number of nitrogens with two attached hydrogens (primary N) is 1. The first-order chi connectivity index (χ1) is 11.2. The minimum absolute atomic E-state index is 0.741. The Hall–Kier alpha value is -2.93. The molecule has 7 heteroatoms. The Kier molecular flexibility index (Phi) is 3.20. The molecule has 3 aromatic heterocycles. The number of benzene rings is 1. The largest absolute Gasteiger partial charge is 0.399 e. The number of pyridine rings is 1. The highest BCUT2D eigenvalue weighted by Gasteiger charge is 2.15. The van der Waals surface area contributed by atoms with Crippen molar-refractivity contribution >= 4 is 32.8 Å². The molecule has 23 heavy (non-hydrogen) atoms. The Bertz CT molecular complexity index is 942. The zero-order chi connectivity index (χ0) is 15.8. The van der Waals surface area contributed by atoms with E-state index < -0.39 is 0 Å². The molecule has 0 saturated heterocycles. The molecule has 0 unspecified atom stereocenters. The third kappa shape index (κ3) is 2.40. The molecule has 0 amide bonds. The summed E-state index contributed by atoms with van der Waals surface area (Å²) >= 11 is 1.53. The first-order valence-electron chi connectivity index (χ1n) is 7.06. The SMILES string of the molecule is CN(c1cccnc1)c1nn2c(-c3ccc(N)cc3)cnc2s1. The predicted octanol–water partition coefficient (Wildman–Crippen LogP) is 3.20. The fourth-order valence-electron chi connectivity index (χ4n) is 2.33. The van der Waals surface area contributed by atoms with Gasteiger partial charge < -0.3 is 10.6 Å². The second-order valence-corrected chi connectivity index (χ2v) is 6.05. The van der Waals surface area contributed by atoms with Crippen LogP contribution < -0.4 is 10.6 Å². The normalized spacial score (nSPS) is 11.0. The molecule has 1 aromatic carbocycles. The molecule has 0 aliphatic heterocycles. The fourth-order valence-corrected chi connectivity index (χ4v) is 3.19. The second kappa shape index (κ2) is 5.36. The molecule has 0 bridgehead atoms. The minimum Gasteiger partial charge on any atom is -0.399 e. The lowest BCUT2D eigenvalue weighted by Gasteiger charge is -2.14. The molecule has 114 valence electrons. The summed E-state index contributed by atoms with van der Waals surface area (Å²) < 4.78 is 1.86. The fraction of sp³-hybridized carbons (Fsp3) is 0.0625. The van der Waals surface area contributed by atoms with Gasteiger partial charge in [0.2, 0.25) is 10.1 Å². The number of imidazole rings is 1. The van der Waals surface area contributed by atoms with Crippen LogP contribution in [0.25, 0.3) is 16.2 Å². The number of aromatic nitrogens is 4. The smallest absolute Gasteiger partial charge is 0.214 e. The first kappa shape index (κ1) is 13.7. The minimum atomic E-state index is 0.741. The van der Waals surface area contributed by atoms with E-state index >= 15 is 0 Å². The molecular formula is C16H14N6S. The van der Waals surface area contributed by atoms with Gasteiger partial charge in [-0.3, -0.25) is 4.98 Å². The number of rotatable bonds is 3. The van der Waals surface area contributed by atoms with Gasteiger partial charge >= 0.3 is 0 Å². The average Bonchev–Trinajstić information content (AvgIpc) is 3.16. The molecule has 0 radical (unpaired) electrons. The Morgan fingerprint density at radius 2 is 1.96 bits per heavy atom. The van der Waals surface area contributed by atoms with Gasteiger partial charge in [-0.1, -0.05) is 23.5 Å². The van der Waals surface area contributed by atoms with Gasteiger partial charge in [-0.25, -0.2) is 9.50 Å². The van der Waals surface area contributed by atoms with Gasteiger partial charge in [-0.05, 0) is 24.3 Å². The lowest BCUT2D eigenvalue weighted by molar-refractivity contribution is 0.958. The molecular weight excluding hydrogens is 308 g/mol. The summed E-state index contributed by atoms with van der Waals surface area (Å²) in [7, 11) is 1.97. The molecule has 0 aliphatic rings. The number of nitrogen functional groups attached to an aromatic ring is 1. The maximum Gasteiger partial charge on any atom is 0.214 e. The van der Waals surface area contributed by atoms with Crippen LogP contribution >= 0.6 is 11.3 Å². The third-order valence-electron chi connectivity index (χ3n) is 3.60. The van der Waals surface area contributed by atoms with Crippen LogP contribution in [0.15, 0.2) is 55.0 Å². The van der Waals surface area contributed by atoms with Crippen LogP contribution in [0.4, 0.5) is 16.5 Å². The molecule has 0 aliphatic carbocycles. The van der Waals surface area contributed by atoms with E-state index in [9.17, 15) is 0 Å². The van der Waals surface area contributed by atoms with Crippen molar-refractivity contribution in [2.45, 2.75) is 0 Å². The summed E-state index contributed by atoms with van der Waals surface area (Å²) in [6.07, 6.45) is 5.40. The summed E-state index contributed by atoms with van der Waals surface area (Å²) in [6.45, 7) is 0. The maximum absolute atomic E-state index is 5.75. The van der Waals surface area contributed by atoms with E-state index in [1.54, 1.807) is 6.20 Å². The van der Waals surface area contributed by atoms with Gasteiger partial charge in [0, 0.05) is 24.5 Å². The Labute approximate surface area is 136 Å². The van der Waals surface area contributed by atoms with Crippen molar-refractivity contribution in [2.24, 2.45) is 0 Å². The number of anilines is 3. The van der Waals surface area contributed by atoms with Crippen LogP contribution in [0.1, 0.15) is 0 Å². The predicted molar refractivity (Wildman–Crippen MR) is 93.0 cm³/mol. The maximum atomic E-state index is 5.75. The molecule has 4 aromatic rings. The quantitative estimate of drug-likeness (QED) is 0.586. The van der Waals surface area contributed by atoms with E-state index in [-0.39, 0.29) is 0 Å². The monoisotopic (exact) mass is 322 g/mol. The summed E-state index contributed by atoms with van der Waals surface area (Å²) in [5.74, 6) is 0. The molecule has 3 heterocycles. The van der Waals surface area contributed by atoms with E-state index in [4.69, 9.17) is 5.73 Å². The molecule has 0 fully saturated rings. The van der Waals surface area contributed by atoms with Crippen LogP contribution in [0, 0.1) is 0 Å². The van der Waals surface area contributed by atoms with Gasteiger partial charge in [-0.2, -0.15) is 0 Å². The number of nitrogens with zero attached hydrogens (tertiary/aromatic N) is 5. The van der Waals surface area contributed by atoms with E-state index in [0.29, 0.717) is 0 Å². The zero-order valence-electron chi connectivity index (χ0n) is 12.4. The summed E-state index contributed by atoms with van der Waals surface area (Å²) in [5, 5.41) is 5.55. The highest BCUT2D eigenvalue weighted by atomic mass is 32.1. The van der Waals surface area contributed by atoms with Gasteiger partial charge in [-0.15, -0.1) is 5.10 Å². The van der Waals surface area contributed by atoms with Crippen molar-refractivity contribution in [3.05, 3.63) is 55.0 Å². The first-order valence-corrected chi connectivity index (χ1v) is 7.88. The van der Waals surface area contributed by atoms with Gasteiger partial charge in [0.1, 0.15) is 0 Å². The molecule has 0 saturated carbocycles. The van der Waals surface area contributed by atoms with Crippen molar-refractivity contribution in [1.29, 1.82) is 0 Å². The highest BCUT2D eigenvalue weighted by molar-refractivity contribution is 7.20. The van der Waals surface area contributed by atoms with E-state index in [1.807, 2.05) is 65.3 Å².